The quantitative estimate of drug-likeness (QED) is 0.530. The number of nitrogens with zero attached hydrogens (tertiary/aromatic N) is 3. The van der Waals surface area contributed by atoms with E-state index < -0.39 is 28.8 Å². The molecule has 5 rings (SSSR count). The van der Waals surface area contributed by atoms with Crippen molar-refractivity contribution in [1.82, 2.24) is 14.8 Å². The molecule has 2 amide bonds. The number of alkyl halides is 3. The molecule has 3 aliphatic rings. The van der Waals surface area contributed by atoms with Crippen molar-refractivity contribution < 1.29 is 22.8 Å². The number of hydrogen-bond acceptors (Lipinski definition) is 5. The molecular weight excluding hydrogens is 547 g/mol. The highest BCUT2D eigenvalue weighted by Gasteiger charge is 2.45. The molecule has 8 nitrogen and oxygen atoms in total. The van der Waals surface area contributed by atoms with Gasteiger partial charge in [0.25, 0.3) is 5.91 Å². The summed E-state index contributed by atoms with van der Waals surface area (Å²) in [6, 6.07) is 6.09. The van der Waals surface area contributed by atoms with Gasteiger partial charge in [-0.25, -0.2) is 0 Å². The lowest BCUT2D eigenvalue weighted by atomic mass is 9.66. The van der Waals surface area contributed by atoms with Crippen molar-refractivity contribution in [3.05, 3.63) is 57.5 Å². The Balaban J connectivity index is 1.38. The van der Waals surface area contributed by atoms with Crippen LogP contribution in [0.15, 0.2) is 35.3 Å². The minimum absolute atomic E-state index is 0.120. The molecule has 1 aromatic heterocycles. The first-order valence-corrected chi connectivity index (χ1v) is 14.3. The largest absolute Gasteiger partial charge is 0.417 e. The molecule has 42 heavy (non-hydrogen) atoms. The average Bonchev–Trinajstić information content (AvgIpc) is 2.92. The van der Waals surface area contributed by atoms with Gasteiger partial charge in [0.05, 0.1) is 22.5 Å². The molecule has 0 bridgehead atoms. The van der Waals surface area contributed by atoms with E-state index in [4.69, 9.17) is 0 Å². The molecule has 2 aromatic rings. The van der Waals surface area contributed by atoms with Crippen LogP contribution in [-0.2, 0) is 11.0 Å². The fraction of sp³-hybridized carbons (Fsp3) is 0.516. The second-order valence-corrected chi connectivity index (χ2v) is 12.0. The number of aromatic nitrogens is 1. The zero-order valence-electron chi connectivity index (χ0n) is 24.1. The maximum atomic E-state index is 13.7. The van der Waals surface area contributed by atoms with E-state index in [1.807, 2.05) is 24.1 Å². The number of likely N-dealkylation sites (N-methyl/N-ethyl adjacent to an activating group) is 1. The third-order valence-electron chi connectivity index (χ3n) is 8.98. The minimum atomic E-state index is -4.87. The SMILES string of the molecule is CC(=O)N1CC2(CCC(C#Cc3ccc(N4CCN(C)[C@@H](C)C4)c(NC(=O)c4c[nH]c(=O)cc4C(F)(F)F)c3)CC2)C1. The molecule has 1 aromatic carbocycles. The smallest absolute Gasteiger partial charge is 0.367 e. The highest BCUT2D eigenvalue weighted by Crippen LogP contribution is 2.45. The van der Waals surface area contributed by atoms with Gasteiger partial charge in [-0.3, -0.25) is 14.4 Å². The molecule has 0 radical (unpaired) electrons. The zero-order chi connectivity index (χ0) is 30.2. The first-order valence-electron chi connectivity index (χ1n) is 14.3. The van der Waals surface area contributed by atoms with Crippen LogP contribution in [0.4, 0.5) is 24.5 Å². The summed E-state index contributed by atoms with van der Waals surface area (Å²) in [5, 5.41) is 2.68. The first-order chi connectivity index (χ1) is 19.8. The first kappa shape index (κ1) is 29.7. The monoisotopic (exact) mass is 583 g/mol. The van der Waals surface area contributed by atoms with E-state index >= 15 is 0 Å². The number of amides is 2. The average molecular weight is 584 g/mol. The van der Waals surface area contributed by atoms with Gasteiger partial charge in [-0.2, -0.15) is 13.2 Å². The summed E-state index contributed by atoms with van der Waals surface area (Å²) in [5.74, 6) is 5.96. The van der Waals surface area contributed by atoms with Crippen molar-refractivity contribution in [3.63, 3.8) is 0 Å². The van der Waals surface area contributed by atoms with Gasteiger partial charge < -0.3 is 25.0 Å². The van der Waals surface area contributed by atoms with E-state index in [0.717, 1.165) is 51.5 Å². The topological polar surface area (TPSA) is 88.8 Å². The molecular formula is C31H36F3N5O3. The van der Waals surface area contributed by atoms with Crippen LogP contribution in [0.5, 0.6) is 0 Å². The van der Waals surface area contributed by atoms with Crippen LogP contribution >= 0.6 is 0 Å². The minimum Gasteiger partial charge on any atom is -0.367 e. The summed E-state index contributed by atoms with van der Waals surface area (Å²) in [4.78, 5) is 44.8. The van der Waals surface area contributed by atoms with Crippen LogP contribution in [0.2, 0.25) is 0 Å². The summed E-state index contributed by atoms with van der Waals surface area (Å²) < 4.78 is 41.0. The van der Waals surface area contributed by atoms with Gasteiger partial charge in [0.2, 0.25) is 11.5 Å². The van der Waals surface area contributed by atoms with Gasteiger partial charge in [0.1, 0.15) is 0 Å². The van der Waals surface area contributed by atoms with Crippen LogP contribution in [0.1, 0.15) is 61.0 Å². The second-order valence-electron chi connectivity index (χ2n) is 12.0. The van der Waals surface area contributed by atoms with Crippen molar-refractivity contribution >= 4 is 23.2 Å². The molecule has 1 aliphatic carbocycles. The molecule has 3 heterocycles. The summed E-state index contributed by atoms with van der Waals surface area (Å²) in [7, 11) is 2.04. The lowest BCUT2D eigenvalue weighted by molar-refractivity contribution is -0.143. The van der Waals surface area contributed by atoms with E-state index in [0.29, 0.717) is 36.1 Å². The van der Waals surface area contributed by atoms with Crippen molar-refractivity contribution in [2.45, 2.75) is 51.7 Å². The molecule has 224 valence electrons. The molecule has 1 spiro atoms. The third-order valence-corrected chi connectivity index (χ3v) is 8.98. The Morgan fingerprint density at radius 1 is 1.12 bits per heavy atom. The van der Waals surface area contributed by atoms with Crippen molar-refractivity contribution in [3.8, 4) is 11.8 Å². The maximum Gasteiger partial charge on any atom is 0.417 e. The van der Waals surface area contributed by atoms with Gasteiger partial charge in [0, 0.05) is 74.8 Å². The van der Waals surface area contributed by atoms with Crippen molar-refractivity contribution in [2.24, 2.45) is 11.3 Å². The molecule has 11 heteroatoms. The second kappa shape index (κ2) is 11.5. The molecule has 1 atom stereocenters. The van der Waals surface area contributed by atoms with Crippen LogP contribution in [0.25, 0.3) is 0 Å². The number of benzene rings is 1. The molecule has 2 N–H and O–H groups in total. The number of carbonyl (C=O) groups is 2. The Kier molecular flexibility index (Phi) is 8.12. The van der Waals surface area contributed by atoms with Gasteiger partial charge in [0.15, 0.2) is 0 Å². The maximum absolute atomic E-state index is 13.7. The number of rotatable bonds is 3. The standard InChI is InChI=1S/C31H36F3N5O3/c1-20-17-38(13-12-37(20)3)27-7-6-23(5-4-22-8-10-30(11-9-22)18-39(19-30)21(2)40)14-26(27)36-29(42)24-16-35-28(41)15-25(24)31(32,33)34/h6-7,14-16,20,22H,8-13,17-19H2,1-3H3,(H,35,41)(H,36,42)/t20-/m0/s1. The summed E-state index contributed by atoms with van der Waals surface area (Å²) in [6.07, 6.45) is -0.114. The van der Waals surface area contributed by atoms with E-state index in [2.05, 4.69) is 38.9 Å². The molecule has 2 aliphatic heterocycles. The Labute approximate surface area is 243 Å². The lowest BCUT2D eigenvalue weighted by Gasteiger charge is -2.52. The zero-order valence-corrected chi connectivity index (χ0v) is 24.1. The van der Waals surface area contributed by atoms with Gasteiger partial charge in [-0.1, -0.05) is 11.8 Å². The summed E-state index contributed by atoms with van der Waals surface area (Å²) in [5.41, 5.74) is -0.949. The van der Waals surface area contributed by atoms with Crippen molar-refractivity contribution in [2.75, 3.05) is 50.0 Å². The Morgan fingerprint density at radius 2 is 1.83 bits per heavy atom. The van der Waals surface area contributed by atoms with Crippen LogP contribution in [0.3, 0.4) is 0 Å². The van der Waals surface area contributed by atoms with Gasteiger partial charge in [-0.05, 0) is 57.9 Å². The van der Waals surface area contributed by atoms with E-state index in [1.54, 1.807) is 13.0 Å². The Bertz CT molecular complexity index is 1480. The Morgan fingerprint density at radius 3 is 2.48 bits per heavy atom. The number of halogens is 3. The van der Waals surface area contributed by atoms with Crippen LogP contribution in [0, 0.1) is 23.2 Å². The predicted molar refractivity (Wildman–Crippen MR) is 154 cm³/mol. The number of likely N-dealkylation sites (tertiary alicyclic amines) is 1. The fourth-order valence-corrected chi connectivity index (χ4v) is 6.20. The number of piperazine rings is 1. The molecule has 2 saturated heterocycles. The predicted octanol–water partition coefficient (Wildman–Crippen LogP) is 4.18. The number of nitrogens with one attached hydrogen (secondary N) is 2. The highest BCUT2D eigenvalue weighted by molar-refractivity contribution is 6.07. The fourth-order valence-electron chi connectivity index (χ4n) is 6.20. The van der Waals surface area contributed by atoms with Gasteiger partial charge >= 0.3 is 6.18 Å². The van der Waals surface area contributed by atoms with Crippen LogP contribution in [-0.4, -0.2) is 72.4 Å². The third kappa shape index (κ3) is 6.33. The summed E-state index contributed by atoms with van der Waals surface area (Å²) in [6.45, 7) is 7.50. The number of H-pyrrole nitrogens is 1. The Hall–Kier alpha value is -3.78. The number of anilines is 2. The normalized spacial score (nSPS) is 21.0. The van der Waals surface area contributed by atoms with Gasteiger partial charge in [-0.15, -0.1) is 0 Å². The van der Waals surface area contributed by atoms with Crippen LogP contribution < -0.4 is 15.8 Å². The highest BCUT2D eigenvalue weighted by atomic mass is 19.4. The molecule has 1 saturated carbocycles. The molecule has 3 fully saturated rings. The lowest BCUT2D eigenvalue weighted by Crippen LogP contribution is -2.58. The summed E-state index contributed by atoms with van der Waals surface area (Å²) >= 11 is 0. The number of aromatic amines is 1. The molecule has 0 unspecified atom stereocenters. The number of hydrogen-bond donors (Lipinski definition) is 2. The van der Waals surface area contributed by atoms with E-state index in [1.165, 1.54) is 0 Å². The number of carbonyl (C=O) groups excluding carboxylic acids is 2. The number of pyridine rings is 1. The van der Waals surface area contributed by atoms with E-state index in [9.17, 15) is 27.6 Å². The van der Waals surface area contributed by atoms with E-state index in [-0.39, 0.29) is 23.3 Å². The van der Waals surface area contributed by atoms with Crippen molar-refractivity contribution in [1.29, 1.82) is 0 Å².